The topological polar surface area (TPSA) is 9.23 Å². The summed E-state index contributed by atoms with van der Waals surface area (Å²) in [5, 5.41) is 0. The number of allylic oxidation sites excluding steroid dienone is 1. The van der Waals surface area contributed by atoms with Crippen molar-refractivity contribution in [2.24, 2.45) is 0 Å². The highest BCUT2D eigenvalue weighted by Gasteiger charge is 1.95. The van der Waals surface area contributed by atoms with E-state index < -0.39 is 0 Å². The van der Waals surface area contributed by atoms with Crippen molar-refractivity contribution in [1.29, 1.82) is 0 Å². The van der Waals surface area contributed by atoms with Gasteiger partial charge >= 0.3 is 0 Å². The minimum atomic E-state index is 0.847. The summed E-state index contributed by atoms with van der Waals surface area (Å²) in [6.07, 6.45) is 16.1. The van der Waals surface area contributed by atoms with E-state index in [1.54, 1.807) is 0 Å². The van der Waals surface area contributed by atoms with Gasteiger partial charge in [-0.05, 0) is 6.42 Å². The summed E-state index contributed by atoms with van der Waals surface area (Å²) in [6.45, 7) is 9.61. The number of hydrogen-bond donors (Lipinski definition) is 0. The standard InChI is InChI=1S/C16H30O/c1-4-6-7-8-9-10-11-12-13-14-15-16(3)17-5-2/h5H,2-4,6-15H2,1H3. The van der Waals surface area contributed by atoms with Crippen LogP contribution in [0.15, 0.2) is 25.2 Å². The number of hydrogen-bond acceptors (Lipinski definition) is 1. The molecule has 0 N–H and O–H groups in total. The molecule has 0 saturated carbocycles. The molecule has 0 bridgehead atoms. The summed E-state index contributed by atoms with van der Waals surface area (Å²) in [5.74, 6) is 0.847. The van der Waals surface area contributed by atoms with Crippen molar-refractivity contribution in [2.45, 2.75) is 77.6 Å². The molecular formula is C16H30O. The van der Waals surface area contributed by atoms with Crippen LogP contribution in [0, 0.1) is 0 Å². The Morgan fingerprint density at radius 1 is 0.882 bits per heavy atom. The largest absolute Gasteiger partial charge is 0.471 e. The molecule has 0 aliphatic rings. The highest BCUT2D eigenvalue weighted by Crippen LogP contribution is 2.13. The monoisotopic (exact) mass is 238 g/mol. The van der Waals surface area contributed by atoms with Crippen LogP contribution in [0.2, 0.25) is 0 Å². The van der Waals surface area contributed by atoms with E-state index in [0.29, 0.717) is 0 Å². The smallest absolute Gasteiger partial charge is 0.0960 e. The minimum Gasteiger partial charge on any atom is -0.471 e. The van der Waals surface area contributed by atoms with Gasteiger partial charge in [-0.25, -0.2) is 0 Å². The van der Waals surface area contributed by atoms with E-state index in [0.717, 1.165) is 12.2 Å². The van der Waals surface area contributed by atoms with Crippen LogP contribution in [0.3, 0.4) is 0 Å². The molecule has 0 spiro atoms. The van der Waals surface area contributed by atoms with Gasteiger partial charge in [0.15, 0.2) is 0 Å². The molecule has 0 aliphatic carbocycles. The van der Waals surface area contributed by atoms with Crippen LogP contribution in [0.5, 0.6) is 0 Å². The molecule has 0 atom stereocenters. The van der Waals surface area contributed by atoms with Crippen LogP contribution in [-0.2, 0) is 4.74 Å². The van der Waals surface area contributed by atoms with Crippen LogP contribution < -0.4 is 0 Å². The Labute approximate surface area is 108 Å². The molecule has 0 aromatic heterocycles. The van der Waals surface area contributed by atoms with Crippen molar-refractivity contribution in [3.05, 3.63) is 25.2 Å². The second-order valence-electron chi connectivity index (χ2n) is 4.76. The fourth-order valence-electron chi connectivity index (χ4n) is 1.99. The van der Waals surface area contributed by atoms with E-state index in [1.165, 1.54) is 70.5 Å². The maximum Gasteiger partial charge on any atom is 0.0960 e. The number of ether oxygens (including phenoxy) is 1. The van der Waals surface area contributed by atoms with E-state index in [2.05, 4.69) is 20.1 Å². The molecule has 0 aromatic carbocycles. The van der Waals surface area contributed by atoms with E-state index in [4.69, 9.17) is 4.74 Å². The van der Waals surface area contributed by atoms with Gasteiger partial charge < -0.3 is 4.74 Å². The van der Waals surface area contributed by atoms with Crippen LogP contribution in [-0.4, -0.2) is 0 Å². The molecule has 1 heteroatoms. The van der Waals surface area contributed by atoms with Crippen molar-refractivity contribution in [2.75, 3.05) is 0 Å². The molecule has 0 aromatic rings. The van der Waals surface area contributed by atoms with E-state index >= 15 is 0 Å². The lowest BCUT2D eigenvalue weighted by Gasteiger charge is -2.04. The third-order valence-corrected chi connectivity index (χ3v) is 3.06. The fraction of sp³-hybridized carbons (Fsp3) is 0.750. The fourth-order valence-corrected chi connectivity index (χ4v) is 1.99. The number of rotatable bonds is 13. The van der Waals surface area contributed by atoms with Crippen LogP contribution in [0.1, 0.15) is 77.6 Å². The van der Waals surface area contributed by atoms with Gasteiger partial charge in [-0.15, -0.1) is 0 Å². The van der Waals surface area contributed by atoms with Gasteiger partial charge in [0, 0.05) is 6.42 Å². The van der Waals surface area contributed by atoms with Gasteiger partial charge in [0.2, 0.25) is 0 Å². The molecule has 0 aliphatic heterocycles. The summed E-state index contributed by atoms with van der Waals surface area (Å²) in [6, 6.07) is 0. The first-order valence-corrected chi connectivity index (χ1v) is 7.26. The molecule has 0 unspecified atom stereocenters. The Hall–Kier alpha value is -0.720. The lowest BCUT2D eigenvalue weighted by molar-refractivity contribution is 0.332. The van der Waals surface area contributed by atoms with Gasteiger partial charge in [-0.2, -0.15) is 0 Å². The van der Waals surface area contributed by atoms with Crippen LogP contribution in [0.4, 0.5) is 0 Å². The third-order valence-electron chi connectivity index (χ3n) is 3.06. The molecule has 0 heterocycles. The summed E-state index contributed by atoms with van der Waals surface area (Å²) < 4.78 is 5.09. The number of unbranched alkanes of at least 4 members (excludes halogenated alkanes) is 9. The minimum absolute atomic E-state index is 0.847. The first kappa shape index (κ1) is 16.3. The molecule has 0 fully saturated rings. The molecule has 100 valence electrons. The molecule has 0 radical (unpaired) electrons. The maximum absolute atomic E-state index is 5.09. The zero-order valence-corrected chi connectivity index (χ0v) is 11.7. The van der Waals surface area contributed by atoms with Gasteiger partial charge in [-0.3, -0.25) is 0 Å². The Bertz CT molecular complexity index is 184. The highest BCUT2D eigenvalue weighted by atomic mass is 16.5. The first-order chi connectivity index (χ1) is 8.31. The van der Waals surface area contributed by atoms with Gasteiger partial charge in [-0.1, -0.05) is 77.9 Å². The van der Waals surface area contributed by atoms with Crippen molar-refractivity contribution in [1.82, 2.24) is 0 Å². The Kier molecular flexibility index (Phi) is 12.8. The Morgan fingerprint density at radius 2 is 1.35 bits per heavy atom. The highest BCUT2D eigenvalue weighted by molar-refractivity contribution is 4.84. The van der Waals surface area contributed by atoms with Gasteiger partial charge in [0.25, 0.3) is 0 Å². The van der Waals surface area contributed by atoms with Gasteiger partial charge in [0.1, 0.15) is 0 Å². The lowest BCUT2D eigenvalue weighted by Crippen LogP contribution is -1.85. The zero-order chi connectivity index (χ0) is 12.8. The van der Waals surface area contributed by atoms with E-state index in [-0.39, 0.29) is 0 Å². The average molecular weight is 238 g/mol. The Balaban J connectivity index is 3.03. The van der Waals surface area contributed by atoms with Crippen molar-refractivity contribution in [3.8, 4) is 0 Å². The van der Waals surface area contributed by atoms with E-state index in [1.807, 2.05) is 0 Å². The molecule has 0 saturated heterocycles. The molecule has 0 rings (SSSR count). The lowest BCUT2D eigenvalue weighted by atomic mass is 10.1. The summed E-state index contributed by atoms with van der Waals surface area (Å²) in [5.41, 5.74) is 0. The molecule has 1 nitrogen and oxygen atoms in total. The van der Waals surface area contributed by atoms with Crippen LogP contribution in [0.25, 0.3) is 0 Å². The molecule has 17 heavy (non-hydrogen) atoms. The Morgan fingerprint density at radius 3 is 1.82 bits per heavy atom. The summed E-state index contributed by atoms with van der Waals surface area (Å²) in [4.78, 5) is 0. The van der Waals surface area contributed by atoms with Gasteiger partial charge in [0.05, 0.1) is 12.0 Å². The van der Waals surface area contributed by atoms with E-state index in [9.17, 15) is 0 Å². The molecular weight excluding hydrogens is 208 g/mol. The van der Waals surface area contributed by atoms with Crippen LogP contribution >= 0.6 is 0 Å². The third kappa shape index (κ3) is 13.2. The van der Waals surface area contributed by atoms with Crippen molar-refractivity contribution < 1.29 is 4.74 Å². The normalized spacial score (nSPS) is 10.2. The SMILES string of the molecule is C=COC(=C)CCCCCCCCCCCC. The summed E-state index contributed by atoms with van der Waals surface area (Å²) in [7, 11) is 0. The summed E-state index contributed by atoms with van der Waals surface area (Å²) >= 11 is 0. The predicted molar refractivity (Wildman–Crippen MR) is 76.9 cm³/mol. The molecule has 0 amide bonds. The quantitative estimate of drug-likeness (QED) is 0.284. The first-order valence-electron chi connectivity index (χ1n) is 7.26. The van der Waals surface area contributed by atoms with Crippen molar-refractivity contribution >= 4 is 0 Å². The maximum atomic E-state index is 5.09. The average Bonchev–Trinajstić information content (AvgIpc) is 2.32. The van der Waals surface area contributed by atoms with Crippen molar-refractivity contribution in [3.63, 3.8) is 0 Å². The zero-order valence-electron chi connectivity index (χ0n) is 11.7. The second-order valence-corrected chi connectivity index (χ2v) is 4.76. The second kappa shape index (κ2) is 13.3. The predicted octanol–water partition coefficient (Wildman–Crippen LogP) is 5.97.